The maximum atomic E-state index is 12.6. The van der Waals surface area contributed by atoms with Crippen molar-refractivity contribution in [2.24, 2.45) is 0 Å². The Morgan fingerprint density at radius 3 is 2.38 bits per heavy atom. The summed E-state index contributed by atoms with van der Waals surface area (Å²) in [5.74, 6) is 0. The van der Waals surface area contributed by atoms with Gasteiger partial charge in [-0.1, -0.05) is 35.9 Å². The molecule has 26 heavy (non-hydrogen) atoms. The van der Waals surface area contributed by atoms with Crippen LogP contribution >= 0.6 is 36.4 Å². The van der Waals surface area contributed by atoms with Crippen molar-refractivity contribution in [3.05, 3.63) is 41.4 Å². The lowest BCUT2D eigenvalue weighted by atomic mass is 10.1. The third-order valence-electron chi connectivity index (χ3n) is 4.27. The fourth-order valence-electron chi connectivity index (χ4n) is 2.99. The molecule has 0 radical (unpaired) electrons. The maximum absolute atomic E-state index is 12.6. The molecule has 2 aromatic carbocycles. The Bertz CT molecular complexity index is 812. The quantitative estimate of drug-likeness (QED) is 0.678. The zero-order valence-electron chi connectivity index (χ0n) is 14.3. The second-order valence-electron chi connectivity index (χ2n) is 5.93. The Labute approximate surface area is 172 Å². The van der Waals surface area contributed by atoms with Gasteiger partial charge in [0.25, 0.3) is 0 Å². The summed E-state index contributed by atoms with van der Waals surface area (Å²) < 4.78 is 28.0. The Balaban J connectivity index is 0.00000169. The summed E-state index contributed by atoms with van der Waals surface area (Å²) in [5, 5.41) is 5.27. The molecule has 5 nitrogen and oxygen atoms in total. The molecule has 1 heterocycles. The molecule has 0 bridgehead atoms. The van der Waals surface area contributed by atoms with E-state index in [0.717, 1.165) is 44.5 Å². The van der Waals surface area contributed by atoms with E-state index in [-0.39, 0.29) is 29.7 Å². The topological polar surface area (TPSA) is 61.4 Å². The smallest absolute Gasteiger partial charge is 0.241 e. The van der Waals surface area contributed by atoms with Gasteiger partial charge in [-0.15, -0.1) is 24.8 Å². The molecule has 146 valence electrons. The van der Waals surface area contributed by atoms with Crippen LogP contribution in [0.25, 0.3) is 10.8 Å². The van der Waals surface area contributed by atoms with E-state index in [0.29, 0.717) is 17.0 Å². The van der Waals surface area contributed by atoms with Crippen LogP contribution in [0.5, 0.6) is 0 Å². The van der Waals surface area contributed by atoms with Crippen molar-refractivity contribution in [3.8, 4) is 0 Å². The third kappa shape index (κ3) is 5.70. The number of nitrogens with one attached hydrogen (secondary N) is 2. The first kappa shape index (κ1) is 23.4. The molecule has 0 aromatic heterocycles. The van der Waals surface area contributed by atoms with E-state index < -0.39 is 10.0 Å². The molecule has 3 rings (SSSR count). The molecule has 0 spiro atoms. The highest BCUT2D eigenvalue weighted by atomic mass is 35.5. The molecule has 0 saturated carbocycles. The Hall–Kier alpha value is -0.600. The first-order chi connectivity index (χ1) is 11.6. The first-order valence-corrected chi connectivity index (χ1v) is 10.0. The van der Waals surface area contributed by atoms with Crippen molar-refractivity contribution >= 4 is 57.2 Å². The lowest BCUT2D eigenvalue weighted by Gasteiger charge is -2.27. The number of nitrogens with zero attached hydrogens (tertiary/aromatic N) is 1. The summed E-state index contributed by atoms with van der Waals surface area (Å²) >= 11 is 6.17. The van der Waals surface area contributed by atoms with Crippen molar-refractivity contribution in [2.75, 3.05) is 39.3 Å². The number of piperazine rings is 1. The highest BCUT2D eigenvalue weighted by molar-refractivity contribution is 7.89. The summed E-state index contributed by atoms with van der Waals surface area (Å²) in [4.78, 5) is 2.63. The Kier molecular flexibility index (Phi) is 9.61. The molecule has 1 aliphatic heterocycles. The number of hydrogen-bond acceptors (Lipinski definition) is 4. The van der Waals surface area contributed by atoms with E-state index in [2.05, 4.69) is 14.9 Å². The number of rotatable bonds is 6. The van der Waals surface area contributed by atoms with E-state index >= 15 is 0 Å². The van der Waals surface area contributed by atoms with Crippen molar-refractivity contribution < 1.29 is 8.42 Å². The monoisotopic (exact) mass is 439 g/mol. The number of sulfonamides is 1. The van der Waals surface area contributed by atoms with Gasteiger partial charge in [-0.05, 0) is 25.1 Å². The van der Waals surface area contributed by atoms with Crippen LogP contribution in [-0.2, 0) is 10.0 Å². The van der Waals surface area contributed by atoms with Crippen LogP contribution in [0.4, 0.5) is 0 Å². The largest absolute Gasteiger partial charge is 0.314 e. The van der Waals surface area contributed by atoms with Crippen LogP contribution in [0.1, 0.15) is 6.42 Å². The Morgan fingerprint density at radius 1 is 1.04 bits per heavy atom. The van der Waals surface area contributed by atoms with Gasteiger partial charge in [0.2, 0.25) is 10.0 Å². The first-order valence-electron chi connectivity index (χ1n) is 8.18. The molecule has 2 aromatic rings. The predicted molar refractivity (Wildman–Crippen MR) is 113 cm³/mol. The summed E-state index contributed by atoms with van der Waals surface area (Å²) in [6, 6.07) is 10.5. The number of halogens is 3. The van der Waals surface area contributed by atoms with Gasteiger partial charge >= 0.3 is 0 Å². The summed E-state index contributed by atoms with van der Waals surface area (Å²) in [6.07, 6.45) is 0.796. The van der Waals surface area contributed by atoms with Crippen LogP contribution in [0, 0.1) is 0 Å². The van der Waals surface area contributed by atoms with Gasteiger partial charge in [-0.2, -0.15) is 0 Å². The van der Waals surface area contributed by atoms with Crippen LogP contribution in [-0.4, -0.2) is 52.6 Å². The van der Waals surface area contributed by atoms with Gasteiger partial charge in [-0.25, -0.2) is 13.1 Å². The SMILES string of the molecule is Cl.Cl.O=S(=O)(NCCCN1CCNCC1)c1ccc(Cl)c2ccccc12. The normalized spacial score (nSPS) is 15.3. The maximum Gasteiger partial charge on any atom is 0.241 e. The molecule has 9 heteroatoms. The van der Waals surface area contributed by atoms with Crippen LogP contribution in [0.15, 0.2) is 41.3 Å². The zero-order chi connectivity index (χ0) is 17.0. The van der Waals surface area contributed by atoms with Gasteiger partial charge < -0.3 is 10.2 Å². The highest BCUT2D eigenvalue weighted by Gasteiger charge is 2.18. The minimum atomic E-state index is -3.55. The second kappa shape index (κ2) is 10.7. The van der Waals surface area contributed by atoms with E-state index in [1.807, 2.05) is 18.2 Å². The van der Waals surface area contributed by atoms with Crippen LogP contribution in [0.3, 0.4) is 0 Å². The predicted octanol–water partition coefficient (Wildman–Crippen LogP) is 2.91. The van der Waals surface area contributed by atoms with Crippen LogP contribution < -0.4 is 10.0 Å². The fourth-order valence-corrected chi connectivity index (χ4v) is 4.50. The summed E-state index contributed by atoms with van der Waals surface area (Å²) in [5.41, 5.74) is 0. The highest BCUT2D eigenvalue weighted by Crippen LogP contribution is 2.28. The van der Waals surface area contributed by atoms with E-state index in [1.165, 1.54) is 0 Å². The summed E-state index contributed by atoms with van der Waals surface area (Å²) in [7, 11) is -3.55. The second-order valence-corrected chi connectivity index (χ2v) is 8.08. The van der Waals surface area contributed by atoms with Crippen molar-refractivity contribution in [2.45, 2.75) is 11.3 Å². The molecule has 0 amide bonds. The zero-order valence-corrected chi connectivity index (χ0v) is 17.5. The van der Waals surface area contributed by atoms with E-state index in [4.69, 9.17) is 11.6 Å². The summed E-state index contributed by atoms with van der Waals surface area (Å²) in [6.45, 7) is 5.39. The molecule has 2 N–H and O–H groups in total. The minimum Gasteiger partial charge on any atom is -0.314 e. The fraction of sp³-hybridized carbons (Fsp3) is 0.412. The lowest BCUT2D eigenvalue weighted by Crippen LogP contribution is -2.44. The van der Waals surface area contributed by atoms with E-state index in [9.17, 15) is 8.42 Å². The molecule has 0 unspecified atom stereocenters. The molecular weight excluding hydrogens is 417 g/mol. The van der Waals surface area contributed by atoms with E-state index in [1.54, 1.807) is 18.2 Å². The van der Waals surface area contributed by atoms with Gasteiger partial charge in [-0.3, -0.25) is 0 Å². The molecule has 0 atom stereocenters. The van der Waals surface area contributed by atoms with Crippen molar-refractivity contribution in [1.29, 1.82) is 0 Å². The van der Waals surface area contributed by atoms with Crippen LogP contribution in [0.2, 0.25) is 5.02 Å². The van der Waals surface area contributed by atoms with Gasteiger partial charge in [0, 0.05) is 48.5 Å². The van der Waals surface area contributed by atoms with Crippen molar-refractivity contribution in [1.82, 2.24) is 14.9 Å². The Morgan fingerprint density at radius 2 is 1.69 bits per heavy atom. The van der Waals surface area contributed by atoms with Crippen molar-refractivity contribution in [3.63, 3.8) is 0 Å². The lowest BCUT2D eigenvalue weighted by molar-refractivity contribution is 0.239. The standard InChI is InChI=1S/C17H22ClN3O2S.2ClH/c18-16-6-7-17(15-5-2-1-4-14(15)16)24(22,23)20-8-3-11-21-12-9-19-10-13-21;;/h1-2,4-7,19-20H,3,8-13H2;2*1H. The minimum absolute atomic E-state index is 0. The third-order valence-corrected chi connectivity index (χ3v) is 6.12. The average Bonchev–Trinajstić information content (AvgIpc) is 2.60. The van der Waals surface area contributed by atoms with Gasteiger partial charge in [0.05, 0.1) is 4.90 Å². The molecular formula is C17H24Cl3N3O2S. The number of hydrogen-bond donors (Lipinski definition) is 2. The molecule has 1 aliphatic rings. The molecule has 0 aliphatic carbocycles. The average molecular weight is 441 g/mol. The molecule has 1 fully saturated rings. The number of fused-ring (bicyclic) bond motifs is 1. The number of benzene rings is 2. The molecule has 1 saturated heterocycles. The van der Waals surface area contributed by atoms with Gasteiger partial charge in [0.1, 0.15) is 0 Å². The van der Waals surface area contributed by atoms with Gasteiger partial charge in [0.15, 0.2) is 0 Å².